The number of halogens is 2. The average Bonchev–Trinajstić information content (AvgIpc) is 3.45. The van der Waals surface area contributed by atoms with Crippen molar-refractivity contribution in [2.24, 2.45) is 0 Å². The molecular weight excluding hydrogens is 557 g/mol. The van der Waals surface area contributed by atoms with Crippen LogP contribution in [0.15, 0.2) is 53.1 Å². The van der Waals surface area contributed by atoms with Crippen molar-refractivity contribution in [1.29, 1.82) is 0 Å². The molecule has 1 N–H and O–H groups in total. The van der Waals surface area contributed by atoms with Gasteiger partial charge in [-0.15, -0.1) is 0 Å². The van der Waals surface area contributed by atoms with Gasteiger partial charge in [-0.05, 0) is 44.0 Å². The standard InChI is InChI=1S/C18H24N2O4.C11H11Cl2NO2/c1-6-18(3,7-2)14-11-15(24-20-14)19-17(21)16-12(22-4)9-8-10-13(16)23-5;1-7-6-16-9-5-3-2-4-8(9)14(7)11(15)10(12)13/h8-11H,6-7H2,1-5H3,(H,19,21);2-5,7,10H,6H2,1H3. The van der Waals surface area contributed by atoms with E-state index in [1.807, 2.05) is 31.2 Å². The lowest BCUT2D eigenvalue weighted by atomic mass is 9.81. The number of para-hydroxylation sites is 2. The van der Waals surface area contributed by atoms with E-state index in [-0.39, 0.29) is 23.3 Å². The highest BCUT2D eigenvalue weighted by molar-refractivity contribution is 6.54. The normalized spacial score (nSPS) is 14.4. The van der Waals surface area contributed by atoms with Crippen LogP contribution in [0.3, 0.4) is 0 Å². The second kappa shape index (κ2) is 13.8. The molecule has 1 atom stereocenters. The Bertz CT molecular complexity index is 1290. The van der Waals surface area contributed by atoms with Gasteiger partial charge in [0.15, 0.2) is 4.84 Å². The fourth-order valence-corrected chi connectivity index (χ4v) is 4.43. The minimum Gasteiger partial charge on any atom is -0.496 e. The maximum absolute atomic E-state index is 12.6. The van der Waals surface area contributed by atoms with Gasteiger partial charge in [-0.2, -0.15) is 0 Å². The van der Waals surface area contributed by atoms with Gasteiger partial charge in [0, 0.05) is 11.5 Å². The van der Waals surface area contributed by atoms with Gasteiger partial charge < -0.3 is 23.6 Å². The highest BCUT2D eigenvalue weighted by atomic mass is 35.5. The van der Waals surface area contributed by atoms with Gasteiger partial charge in [-0.1, -0.05) is 67.3 Å². The number of nitrogens with one attached hydrogen (secondary N) is 1. The number of carbonyl (C=O) groups is 2. The van der Waals surface area contributed by atoms with E-state index in [2.05, 4.69) is 31.2 Å². The van der Waals surface area contributed by atoms with E-state index in [4.69, 9.17) is 41.9 Å². The fraction of sp³-hybridized carbons (Fsp3) is 0.414. The van der Waals surface area contributed by atoms with Gasteiger partial charge in [-0.25, -0.2) is 0 Å². The zero-order valence-corrected chi connectivity index (χ0v) is 25.0. The van der Waals surface area contributed by atoms with E-state index in [0.717, 1.165) is 24.2 Å². The molecule has 11 heteroatoms. The van der Waals surface area contributed by atoms with Crippen molar-refractivity contribution in [3.8, 4) is 17.2 Å². The van der Waals surface area contributed by atoms with Crippen LogP contribution in [0.2, 0.25) is 0 Å². The molecule has 9 nitrogen and oxygen atoms in total. The zero-order chi connectivity index (χ0) is 29.4. The summed E-state index contributed by atoms with van der Waals surface area (Å²) in [4.78, 5) is 25.0. The number of aromatic nitrogens is 1. The number of nitrogens with zero attached hydrogens (tertiary/aromatic N) is 2. The Balaban J connectivity index is 0.000000238. The molecule has 2 heterocycles. The van der Waals surface area contributed by atoms with Gasteiger partial charge in [0.1, 0.15) is 29.4 Å². The van der Waals surface area contributed by atoms with Gasteiger partial charge in [0.2, 0.25) is 5.88 Å². The Hall–Kier alpha value is -3.43. The third-order valence-electron chi connectivity index (χ3n) is 7.05. The minimum atomic E-state index is -1.05. The Labute approximate surface area is 244 Å². The molecule has 1 aliphatic rings. The third-order valence-corrected chi connectivity index (χ3v) is 7.42. The minimum absolute atomic E-state index is 0.0672. The van der Waals surface area contributed by atoms with Crippen molar-refractivity contribution in [3.63, 3.8) is 0 Å². The van der Waals surface area contributed by atoms with Crippen LogP contribution in [0.25, 0.3) is 0 Å². The summed E-state index contributed by atoms with van der Waals surface area (Å²) >= 11 is 11.3. The maximum Gasteiger partial charge on any atom is 0.265 e. The number of ether oxygens (including phenoxy) is 3. The van der Waals surface area contributed by atoms with Crippen LogP contribution in [0.5, 0.6) is 17.2 Å². The highest BCUT2D eigenvalue weighted by Gasteiger charge is 2.32. The van der Waals surface area contributed by atoms with Crippen LogP contribution in [-0.4, -0.2) is 48.7 Å². The van der Waals surface area contributed by atoms with Gasteiger partial charge in [0.25, 0.3) is 11.8 Å². The monoisotopic (exact) mass is 591 g/mol. The summed E-state index contributed by atoms with van der Waals surface area (Å²) in [6, 6.07) is 14.2. The maximum atomic E-state index is 12.6. The number of methoxy groups -OCH3 is 2. The number of benzene rings is 2. The van der Waals surface area contributed by atoms with Crippen molar-refractivity contribution in [2.75, 3.05) is 31.0 Å². The van der Waals surface area contributed by atoms with E-state index < -0.39 is 4.84 Å². The highest BCUT2D eigenvalue weighted by Crippen LogP contribution is 2.35. The lowest BCUT2D eigenvalue weighted by Crippen LogP contribution is -2.47. The predicted molar refractivity (Wildman–Crippen MR) is 156 cm³/mol. The van der Waals surface area contributed by atoms with Crippen molar-refractivity contribution < 1.29 is 28.3 Å². The van der Waals surface area contributed by atoms with E-state index in [1.54, 1.807) is 29.2 Å². The molecule has 1 aromatic heterocycles. The van der Waals surface area contributed by atoms with Crippen molar-refractivity contribution in [2.45, 2.75) is 56.8 Å². The average molecular weight is 593 g/mol. The number of fused-ring (bicyclic) bond motifs is 1. The molecule has 0 saturated heterocycles. The Morgan fingerprint density at radius 3 is 2.30 bits per heavy atom. The molecule has 2 amide bonds. The largest absolute Gasteiger partial charge is 0.496 e. The molecule has 0 bridgehead atoms. The molecule has 0 spiro atoms. The molecule has 3 aromatic rings. The predicted octanol–water partition coefficient (Wildman–Crippen LogP) is 6.63. The van der Waals surface area contributed by atoms with Crippen LogP contribution in [0.4, 0.5) is 11.6 Å². The van der Waals surface area contributed by atoms with E-state index in [9.17, 15) is 9.59 Å². The quantitative estimate of drug-likeness (QED) is 0.293. The molecule has 0 saturated carbocycles. The zero-order valence-electron chi connectivity index (χ0n) is 23.5. The SMILES string of the molecule is CC1COc2ccccc2N1C(=O)C(Cl)Cl.CCC(C)(CC)c1cc(NC(=O)c2c(OC)cccc2OC)on1. The van der Waals surface area contributed by atoms with Crippen LogP contribution < -0.4 is 24.4 Å². The molecule has 0 aliphatic carbocycles. The Kier molecular flexibility index (Phi) is 10.7. The molecule has 216 valence electrons. The second-order valence-electron chi connectivity index (χ2n) is 9.47. The number of anilines is 2. The second-order valence-corrected chi connectivity index (χ2v) is 10.6. The van der Waals surface area contributed by atoms with Crippen molar-refractivity contribution in [1.82, 2.24) is 5.16 Å². The number of carbonyl (C=O) groups excluding carboxylic acids is 2. The fourth-order valence-electron chi connectivity index (χ4n) is 4.22. The first-order valence-corrected chi connectivity index (χ1v) is 13.8. The topological polar surface area (TPSA) is 103 Å². The van der Waals surface area contributed by atoms with Crippen molar-refractivity contribution in [3.05, 3.63) is 59.8 Å². The number of amides is 2. The molecule has 4 rings (SSSR count). The number of alkyl halides is 2. The van der Waals surface area contributed by atoms with E-state index >= 15 is 0 Å². The molecule has 0 fully saturated rings. The lowest BCUT2D eigenvalue weighted by molar-refractivity contribution is -0.117. The van der Waals surface area contributed by atoms with E-state index in [0.29, 0.717) is 35.3 Å². The molecular formula is C29H35Cl2N3O6. The molecule has 2 aromatic carbocycles. The summed E-state index contributed by atoms with van der Waals surface area (Å²) in [5, 5.41) is 6.83. The van der Waals surface area contributed by atoms with Gasteiger partial charge in [0.05, 0.1) is 31.6 Å². The summed E-state index contributed by atoms with van der Waals surface area (Å²) in [6.07, 6.45) is 1.87. The molecule has 40 heavy (non-hydrogen) atoms. The van der Waals surface area contributed by atoms with Crippen LogP contribution >= 0.6 is 23.2 Å². The first-order chi connectivity index (χ1) is 19.1. The van der Waals surface area contributed by atoms with E-state index in [1.165, 1.54) is 14.2 Å². The Morgan fingerprint density at radius 1 is 1.10 bits per heavy atom. The number of rotatable bonds is 8. The van der Waals surface area contributed by atoms with Crippen LogP contribution in [-0.2, 0) is 10.2 Å². The smallest absolute Gasteiger partial charge is 0.265 e. The summed E-state index contributed by atoms with van der Waals surface area (Å²) in [7, 11) is 3.01. The first-order valence-electron chi connectivity index (χ1n) is 12.9. The number of hydrogen-bond donors (Lipinski definition) is 1. The molecule has 0 radical (unpaired) electrons. The summed E-state index contributed by atoms with van der Waals surface area (Å²) in [6.45, 7) is 8.68. The summed E-state index contributed by atoms with van der Waals surface area (Å²) < 4.78 is 21.3. The lowest BCUT2D eigenvalue weighted by Gasteiger charge is -2.35. The third kappa shape index (κ3) is 6.82. The number of hydrogen-bond acceptors (Lipinski definition) is 7. The first kappa shape index (κ1) is 31.1. The van der Waals surface area contributed by atoms with Crippen LogP contribution in [0.1, 0.15) is 56.6 Å². The van der Waals surface area contributed by atoms with Gasteiger partial charge >= 0.3 is 0 Å². The van der Waals surface area contributed by atoms with Crippen molar-refractivity contribution >= 4 is 46.6 Å². The summed E-state index contributed by atoms with van der Waals surface area (Å²) in [5.41, 5.74) is 1.79. The Morgan fingerprint density at radius 2 is 1.73 bits per heavy atom. The summed E-state index contributed by atoms with van der Waals surface area (Å²) in [5.74, 6) is 1.16. The van der Waals surface area contributed by atoms with Gasteiger partial charge in [-0.3, -0.25) is 14.9 Å². The molecule has 1 aliphatic heterocycles. The van der Waals surface area contributed by atoms with Crippen LogP contribution in [0, 0.1) is 0 Å². The molecule has 1 unspecified atom stereocenters.